The molecule has 0 atom stereocenters. The summed E-state index contributed by atoms with van der Waals surface area (Å²) in [5.41, 5.74) is 4.78. The van der Waals surface area contributed by atoms with Crippen molar-refractivity contribution in [1.29, 1.82) is 0 Å². The fourth-order valence-corrected chi connectivity index (χ4v) is 1.97. The van der Waals surface area contributed by atoms with Crippen LogP contribution in [0.4, 0.5) is 11.5 Å². The van der Waals surface area contributed by atoms with Crippen LogP contribution in [-0.2, 0) is 9.31 Å². The third-order valence-corrected chi connectivity index (χ3v) is 3.87. The molecule has 0 bridgehead atoms. The highest BCUT2D eigenvalue weighted by molar-refractivity contribution is 6.52. The lowest BCUT2D eigenvalue weighted by Crippen LogP contribution is -2.41. The number of hydrogen-bond donors (Lipinski definition) is 1. The molecule has 8 heteroatoms. The number of nitrogen functional groups attached to an aromatic ring is 1. The molecule has 1 aliphatic rings. The summed E-state index contributed by atoms with van der Waals surface area (Å²) in [7, 11) is -0.566. The maximum Gasteiger partial charge on any atom is 0.487 e. The first-order chi connectivity index (χ1) is 9.64. The number of hydrogen-bond acceptors (Lipinski definition) is 6. The second kappa shape index (κ2) is 5.12. The summed E-state index contributed by atoms with van der Waals surface area (Å²) in [6.45, 7) is 7.75. The molecule has 21 heavy (non-hydrogen) atoms. The van der Waals surface area contributed by atoms with Crippen LogP contribution >= 0.6 is 0 Å². The number of nitrogens with zero attached hydrogens (tertiary/aromatic N) is 2. The summed E-state index contributed by atoms with van der Waals surface area (Å²) in [6.07, 6.45) is 2.99. The zero-order chi connectivity index (χ0) is 15.8. The highest BCUT2D eigenvalue weighted by atomic mass is 16.7. The normalized spacial score (nSPS) is 20.1. The standard InChI is InChI=1S/C13H18BN3O4/c1-12(2)13(3,4)21-14(20-12)7-5-9-6-8-16-11(15)10(9)17(18)19/h5-8H,1-4H3,(H2,15,16)/b7-5+. The minimum Gasteiger partial charge on any atom is -0.400 e. The van der Waals surface area contributed by atoms with Gasteiger partial charge in [-0.3, -0.25) is 10.1 Å². The Morgan fingerprint density at radius 1 is 1.33 bits per heavy atom. The van der Waals surface area contributed by atoms with Crippen molar-refractivity contribution in [3.05, 3.63) is 33.9 Å². The van der Waals surface area contributed by atoms with Gasteiger partial charge in [-0.1, -0.05) is 12.1 Å². The Balaban J connectivity index is 2.24. The van der Waals surface area contributed by atoms with Crippen molar-refractivity contribution in [1.82, 2.24) is 4.98 Å². The molecule has 1 aromatic heterocycles. The number of rotatable bonds is 3. The van der Waals surface area contributed by atoms with Crippen molar-refractivity contribution < 1.29 is 14.2 Å². The Morgan fingerprint density at radius 2 is 1.90 bits per heavy atom. The van der Waals surface area contributed by atoms with Crippen LogP contribution in [0.2, 0.25) is 0 Å². The molecular formula is C13H18BN3O4. The summed E-state index contributed by atoms with van der Waals surface area (Å²) in [5, 5.41) is 11.0. The van der Waals surface area contributed by atoms with Crippen LogP contribution < -0.4 is 5.73 Å². The quantitative estimate of drug-likeness (QED) is 0.520. The first-order valence-corrected chi connectivity index (χ1v) is 6.57. The first-order valence-electron chi connectivity index (χ1n) is 6.57. The average molecular weight is 291 g/mol. The van der Waals surface area contributed by atoms with Gasteiger partial charge < -0.3 is 15.0 Å². The van der Waals surface area contributed by atoms with Crippen molar-refractivity contribution in [2.75, 3.05) is 5.73 Å². The van der Waals surface area contributed by atoms with Gasteiger partial charge in [0.25, 0.3) is 0 Å². The summed E-state index contributed by atoms with van der Waals surface area (Å²) in [4.78, 5) is 14.2. The Kier molecular flexibility index (Phi) is 3.77. The fourth-order valence-electron chi connectivity index (χ4n) is 1.97. The summed E-state index contributed by atoms with van der Waals surface area (Å²) < 4.78 is 11.6. The predicted octanol–water partition coefficient (Wildman–Crippen LogP) is 2.22. The van der Waals surface area contributed by atoms with Gasteiger partial charge in [0.05, 0.1) is 21.7 Å². The second-order valence-electron chi connectivity index (χ2n) is 5.87. The third-order valence-electron chi connectivity index (χ3n) is 3.87. The maximum atomic E-state index is 11.0. The molecule has 0 spiro atoms. The van der Waals surface area contributed by atoms with E-state index >= 15 is 0 Å². The van der Waals surface area contributed by atoms with Gasteiger partial charge in [0.1, 0.15) is 0 Å². The van der Waals surface area contributed by atoms with E-state index in [0.717, 1.165) is 0 Å². The third kappa shape index (κ3) is 2.91. The number of aromatic nitrogens is 1. The molecular weight excluding hydrogens is 273 g/mol. The van der Waals surface area contributed by atoms with Gasteiger partial charge >= 0.3 is 12.8 Å². The number of anilines is 1. The summed E-state index contributed by atoms with van der Waals surface area (Å²) >= 11 is 0. The van der Waals surface area contributed by atoms with Crippen LogP contribution in [-0.4, -0.2) is 28.2 Å². The van der Waals surface area contributed by atoms with Crippen molar-refractivity contribution in [2.45, 2.75) is 38.9 Å². The van der Waals surface area contributed by atoms with Gasteiger partial charge in [-0.2, -0.15) is 0 Å². The van der Waals surface area contributed by atoms with E-state index in [2.05, 4.69) is 4.98 Å². The average Bonchev–Trinajstić information content (AvgIpc) is 2.54. The Bertz CT molecular complexity index is 585. The van der Waals surface area contributed by atoms with Crippen LogP contribution in [0.1, 0.15) is 33.3 Å². The van der Waals surface area contributed by atoms with E-state index in [1.165, 1.54) is 12.3 Å². The van der Waals surface area contributed by atoms with Gasteiger partial charge in [0.2, 0.25) is 5.82 Å². The van der Waals surface area contributed by atoms with Gasteiger partial charge in [-0.15, -0.1) is 0 Å². The zero-order valence-electron chi connectivity index (χ0n) is 12.5. The lowest BCUT2D eigenvalue weighted by Gasteiger charge is -2.32. The minimum absolute atomic E-state index is 0.115. The molecule has 2 rings (SSSR count). The van der Waals surface area contributed by atoms with Gasteiger partial charge in [0.15, 0.2) is 0 Å². The van der Waals surface area contributed by atoms with E-state index < -0.39 is 23.2 Å². The zero-order valence-corrected chi connectivity index (χ0v) is 12.5. The van der Waals surface area contributed by atoms with Crippen LogP contribution in [0.5, 0.6) is 0 Å². The smallest absolute Gasteiger partial charge is 0.400 e. The SMILES string of the molecule is CC1(C)OB(/C=C/c2ccnc(N)c2[N+](=O)[O-])OC1(C)C. The van der Waals surface area contributed by atoms with Crippen molar-refractivity contribution in [3.8, 4) is 0 Å². The molecule has 112 valence electrons. The van der Waals surface area contributed by atoms with E-state index in [1.54, 1.807) is 12.1 Å². The first kappa shape index (κ1) is 15.5. The molecule has 2 heterocycles. The van der Waals surface area contributed by atoms with Gasteiger partial charge in [-0.25, -0.2) is 4.98 Å². The van der Waals surface area contributed by atoms with Crippen LogP contribution in [0, 0.1) is 10.1 Å². The molecule has 0 aromatic carbocycles. The Hall–Kier alpha value is -1.93. The van der Waals surface area contributed by atoms with E-state index in [1.807, 2.05) is 27.7 Å². The number of pyridine rings is 1. The summed E-state index contributed by atoms with van der Waals surface area (Å²) in [5.74, 6) is 1.52. The van der Waals surface area contributed by atoms with E-state index in [9.17, 15) is 10.1 Å². The minimum atomic E-state index is -0.566. The molecule has 0 amide bonds. The lowest BCUT2D eigenvalue weighted by molar-refractivity contribution is -0.384. The molecule has 0 radical (unpaired) electrons. The second-order valence-corrected chi connectivity index (χ2v) is 5.87. The maximum absolute atomic E-state index is 11.0. The molecule has 1 aliphatic heterocycles. The molecule has 1 fully saturated rings. The molecule has 2 N–H and O–H groups in total. The van der Waals surface area contributed by atoms with Gasteiger partial charge in [-0.05, 0) is 33.8 Å². The van der Waals surface area contributed by atoms with Crippen LogP contribution in [0.3, 0.4) is 0 Å². The van der Waals surface area contributed by atoms with Crippen molar-refractivity contribution >= 4 is 24.7 Å². The predicted molar refractivity (Wildman–Crippen MR) is 80.4 cm³/mol. The molecule has 1 aromatic rings. The molecule has 0 saturated carbocycles. The lowest BCUT2D eigenvalue weighted by atomic mass is 9.89. The van der Waals surface area contributed by atoms with Crippen molar-refractivity contribution in [3.63, 3.8) is 0 Å². The van der Waals surface area contributed by atoms with E-state index in [0.29, 0.717) is 5.56 Å². The van der Waals surface area contributed by atoms with Crippen molar-refractivity contribution in [2.24, 2.45) is 0 Å². The summed E-state index contributed by atoms with van der Waals surface area (Å²) in [6, 6.07) is 1.52. The largest absolute Gasteiger partial charge is 0.487 e. The Labute approximate surface area is 123 Å². The van der Waals surface area contributed by atoms with Gasteiger partial charge in [0, 0.05) is 6.20 Å². The van der Waals surface area contributed by atoms with E-state index in [-0.39, 0.29) is 11.5 Å². The molecule has 1 saturated heterocycles. The molecule has 0 aliphatic carbocycles. The van der Waals surface area contributed by atoms with Crippen LogP contribution in [0.25, 0.3) is 6.08 Å². The monoisotopic (exact) mass is 291 g/mol. The highest BCUT2D eigenvalue weighted by Crippen LogP contribution is 2.37. The van der Waals surface area contributed by atoms with E-state index in [4.69, 9.17) is 15.0 Å². The number of nitrogens with two attached hydrogens (primary N) is 1. The fraction of sp³-hybridized carbons (Fsp3) is 0.462. The highest BCUT2D eigenvalue weighted by Gasteiger charge is 2.50. The number of nitro groups is 1. The topological polar surface area (TPSA) is 101 Å². The van der Waals surface area contributed by atoms with Crippen LogP contribution in [0.15, 0.2) is 18.2 Å². The Morgan fingerprint density at radius 3 is 2.43 bits per heavy atom. The molecule has 7 nitrogen and oxygen atoms in total. The molecule has 0 unspecified atom stereocenters.